The molecule has 7 heteroatoms. The minimum Gasteiger partial charge on any atom is -0.356 e. The number of unbranched alkanes of at least 4 members (excludes halogenated alkanes) is 3. The number of halogens is 1. The molecular weight excluding hydrogens is 445 g/mol. The molecule has 1 heterocycles. The monoisotopic (exact) mass is 479 g/mol. The molecule has 2 aromatic carbocycles. The van der Waals surface area contributed by atoms with Gasteiger partial charge in [0.1, 0.15) is 5.82 Å². The largest absolute Gasteiger partial charge is 0.356 e. The molecule has 0 saturated heterocycles. The Labute approximate surface area is 206 Å². The Morgan fingerprint density at radius 2 is 1.66 bits per heavy atom. The minimum atomic E-state index is -0.413. The molecule has 186 valence electrons. The van der Waals surface area contributed by atoms with Gasteiger partial charge in [0.05, 0.1) is 11.9 Å². The van der Waals surface area contributed by atoms with Crippen LogP contribution in [-0.2, 0) is 16.0 Å². The summed E-state index contributed by atoms with van der Waals surface area (Å²) in [5.41, 5.74) is 1.70. The fraction of sp³-hybridized carbons (Fsp3) is 0.393. The summed E-state index contributed by atoms with van der Waals surface area (Å²) in [4.78, 5) is 39.4. The van der Waals surface area contributed by atoms with E-state index in [2.05, 4.69) is 5.32 Å². The van der Waals surface area contributed by atoms with Crippen LogP contribution in [0.15, 0.2) is 54.7 Å². The van der Waals surface area contributed by atoms with Crippen molar-refractivity contribution in [2.24, 2.45) is 0 Å². The van der Waals surface area contributed by atoms with Crippen molar-refractivity contribution in [1.29, 1.82) is 0 Å². The topological polar surface area (TPSA) is 71.4 Å². The normalized spacial score (nSPS) is 10.9. The van der Waals surface area contributed by atoms with Crippen molar-refractivity contribution in [2.45, 2.75) is 52.4 Å². The number of rotatable bonds is 12. The van der Waals surface area contributed by atoms with Gasteiger partial charge >= 0.3 is 0 Å². The zero-order valence-corrected chi connectivity index (χ0v) is 20.6. The number of fused-ring (bicyclic) bond motifs is 1. The first-order valence-electron chi connectivity index (χ1n) is 12.4. The first-order chi connectivity index (χ1) is 16.9. The molecule has 0 spiro atoms. The zero-order valence-electron chi connectivity index (χ0n) is 20.6. The van der Waals surface area contributed by atoms with Gasteiger partial charge in [0.2, 0.25) is 11.8 Å². The molecule has 1 aromatic heterocycles. The lowest BCUT2D eigenvalue weighted by Crippen LogP contribution is -2.30. The highest BCUT2D eigenvalue weighted by Crippen LogP contribution is 2.24. The molecule has 0 aliphatic rings. The highest BCUT2D eigenvalue weighted by Gasteiger charge is 2.17. The van der Waals surface area contributed by atoms with Crippen LogP contribution >= 0.6 is 0 Å². The van der Waals surface area contributed by atoms with Crippen molar-refractivity contribution in [1.82, 2.24) is 14.8 Å². The van der Waals surface area contributed by atoms with Gasteiger partial charge in [-0.1, -0.05) is 31.0 Å². The van der Waals surface area contributed by atoms with Crippen LogP contribution < -0.4 is 5.32 Å². The third-order valence-electron chi connectivity index (χ3n) is 6.20. The van der Waals surface area contributed by atoms with Crippen LogP contribution in [0.1, 0.15) is 61.9 Å². The highest BCUT2D eigenvalue weighted by atomic mass is 19.1. The number of benzene rings is 2. The van der Waals surface area contributed by atoms with E-state index in [0.29, 0.717) is 35.0 Å². The summed E-state index contributed by atoms with van der Waals surface area (Å²) >= 11 is 0. The van der Waals surface area contributed by atoms with E-state index >= 15 is 0 Å². The Kier molecular flexibility index (Phi) is 9.58. The summed E-state index contributed by atoms with van der Waals surface area (Å²) < 4.78 is 15.4. The average Bonchev–Trinajstić information content (AvgIpc) is 3.21. The average molecular weight is 480 g/mol. The third-order valence-corrected chi connectivity index (χ3v) is 6.20. The van der Waals surface area contributed by atoms with E-state index in [-0.39, 0.29) is 24.1 Å². The van der Waals surface area contributed by atoms with Crippen molar-refractivity contribution in [3.63, 3.8) is 0 Å². The van der Waals surface area contributed by atoms with E-state index < -0.39 is 5.82 Å². The lowest BCUT2D eigenvalue weighted by Gasteiger charge is -2.18. The number of hydrogen-bond acceptors (Lipinski definition) is 3. The Morgan fingerprint density at radius 3 is 2.37 bits per heavy atom. The Hall–Kier alpha value is -3.48. The summed E-state index contributed by atoms with van der Waals surface area (Å²) in [5.74, 6) is -0.612. The first kappa shape index (κ1) is 26.1. The smallest absolute Gasteiger partial charge is 0.262 e. The summed E-state index contributed by atoms with van der Waals surface area (Å²) in [6, 6.07) is 13.1. The Morgan fingerprint density at radius 1 is 0.943 bits per heavy atom. The molecule has 6 nitrogen and oxygen atoms in total. The van der Waals surface area contributed by atoms with E-state index in [0.717, 1.165) is 38.8 Å². The number of hydrogen-bond donors (Lipinski definition) is 1. The number of carbonyl (C=O) groups excluding carboxylic acids is 3. The van der Waals surface area contributed by atoms with Crippen LogP contribution in [0.4, 0.5) is 4.39 Å². The van der Waals surface area contributed by atoms with Gasteiger partial charge in [0.25, 0.3) is 5.91 Å². The maximum Gasteiger partial charge on any atom is 0.262 e. The van der Waals surface area contributed by atoms with Gasteiger partial charge in [-0.3, -0.25) is 19.0 Å². The van der Waals surface area contributed by atoms with Gasteiger partial charge in [0, 0.05) is 43.2 Å². The second-order valence-electron chi connectivity index (χ2n) is 8.61. The third kappa shape index (κ3) is 7.01. The fourth-order valence-corrected chi connectivity index (χ4v) is 4.25. The van der Waals surface area contributed by atoms with Crippen LogP contribution in [0.2, 0.25) is 0 Å². The summed E-state index contributed by atoms with van der Waals surface area (Å²) in [5, 5.41) is 3.47. The maximum atomic E-state index is 14.0. The number of nitrogens with zero attached hydrogens (tertiary/aromatic N) is 2. The first-order valence-corrected chi connectivity index (χ1v) is 12.4. The molecule has 0 aliphatic heterocycles. The zero-order chi connectivity index (χ0) is 25.2. The Bertz CT molecular complexity index is 1150. The molecule has 3 aromatic rings. The van der Waals surface area contributed by atoms with Crippen LogP contribution in [0.5, 0.6) is 0 Å². The molecule has 35 heavy (non-hydrogen) atoms. The summed E-state index contributed by atoms with van der Waals surface area (Å²) in [6.07, 6.45) is 5.81. The van der Waals surface area contributed by atoms with Crippen molar-refractivity contribution in [2.75, 3.05) is 19.6 Å². The fourth-order valence-electron chi connectivity index (χ4n) is 4.25. The van der Waals surface area contributed by atoms with E-state index in [1.165, 1.54) is 16.7 Å². The standard InChI is InChI=1S/C28H34FN3O3/c1-3-31(4-2)27(34)14-10-5-6-11-17-30-26(33)18-22-20-32(25-16-15-23(29)19-24(22)25)28(35)21-12-8-7-9-13-21/h7-9,12-13,15-16,19-20H,3-6,10-11,14,17-18H2,1-2H3,(H,30,33). The molecule has 0 bridgehead atoms. The molecular formula is C28H34FN3O3. The van der Waals surface area contributed by atoms with Gasteiger partial charge in [-0.2, -0.15) is 0 Å². The van der Waals surface area contributed by atoms with E-state index in [1.807, 2.05) is 24.8 Å². The molecule has 0 fully saturated rings. The van der Waals surface area contributed by atoms with Crippen LogP contribution in [0.25, 0.3) is 10.9 Å². The summed E-state index contributed by atoms with van der Waals surface area (Å²) in [6.45, 7) is 6.00. The Balaban J connectivity index is 1.52. The second kappa shape index (κ2) is 12.8. The minimum absolute atomic E-state index is 0.0629. The molecule has 0 atom stereocenters. The molecule has 0 aliphatic carbocycles. The molecule has 2 amide bonds. The van der Waals surface area contributed by atoms with Crippen LogP contribution in [-0.4, -0.2) is 46.8 Å². The van der Waals surface area contributed by atoms with Gasteiger partial charge in [-0.05, 0) is 62.6 Å². The van der Waals surface area contributed by atoms with Crippen LogP contribution in [0, 0.1) is 5.82 Å². The molecule has 0 saturated carbocycles. The van der Waals surface area contributed by atoms with Gasteiger partial charge in [-0.25, -0.2) is 4.39 Å². The predicted molar refractivity (Wildman–Crippen MR) is 136 cm³/mol. The van der Waals surface area contributed by atoms with Crippen LogP contribution in [0.3, 0.4) is 0 Å². The summed E-state index contributed by atoms with van der Waals surface area (Å²) in [7, 11) is 0. The van der Waals surface area contributed by atoms with E-state index in [4.69, 9.17) is 0 Å². The SMILES string of the molecule is CCN(CC)C(=O)CCCCCCNC(=O)Cc1cn(C(=O)c2ccccc2)c2ccc(F)cc12. The lowest BCUT2D eigenvalue weighted by atomic mass is 10.1. The number of amides is 2. The van der Waals surface area contributed by atoms with Crippen molar-refractivity contribution < 1.29 is 18.8 Å². The van der Waals surface area contributed by atoms with Gasteiger partial charge in [-0.15, -0.1) is 0 Å². The predicted octanol–water partition coefficient (Wildman–Crippen LogP) is 4.95. The number of carbonyl (C=O) groups is 3. The molecule has 0 radical (unpaired) electrons. The van der Waals surface area contributed by atoms with Crippen molar-refractivity contribution in [3.8, 4) is 0 Å². The molecule has 0 unspecified atom stereocenters. The number of nitrogens with one attached hydrogen (secondary N) is 1. The van der Waals surface area contributed by atoms with E-state index in [1.54, 1.807) is 36.5 Å². The van der Waals surface area contributed by atoms with E-state index in [9.17, 15) is 18.8 Å². The maximum absolute atomic E-state index is 14.0. The highest BCUT2D eigenvalue weighted by molar-refractivity contribution is 6.03. The van der Waals surface area contributed by atoms with Crippen molar-refractivity contribution in [3.05, 3.63) is 71.7 Å². The van der Waals surface area contributed by atoms with Gasteiger partial charge < -0.3 is 10.2 Å². The van der Waals surface area contributed by atoms with Crippen molar-refractivity contribution >= 4 is 28.6 Å². The number of aromatic nitrogens is 1. The van der Waals surface area contributed by atoms with Gasteiger partial charge in [0.15, 0.2) is 0 Å². The second-order valence-corrected chi connectivity index (χ2v) is 8.61. The lowest BCUT2D eigenvalue weighted by molar-refractivity contribution is -0.131. The quantitative estimate of drug-likeness (QED) is 0.374. The molecule has 3 rings (SSSR count). The molecule has 1 N–H and O–H groups in total.